The molecule has 4 aliphatic heterocycles. The van der Waals surface area contributed by atoms with Crippen molar-refractivity contribution in [3.05, 3.63) is 60.7 Å². The number of piperazine rings is 2. The highest BCUT2D eigenvalue weighted by Gasteiger charge is 2.44. The van der Waals surface area contributed by atoms with E-state index in [1.165, 1.54) is 22.6 Å². The number of quaternary nitrogens is 2. The summed E-state index contributed by atoms with van der Waals surface area (Å²) in [6.45, 7) is 7.45. The molecule has 1 unspecified atom stereocenters. The van der Waals surface area contributed by atoms with Gasteiger partial charge in [0.2, 0.25) is 23.6 Å². The number of para-hydroxylation sites is 2. The van der Waals surface area contributed by atoms with Gasteiger partial charge in [0, 0.05) is 12.6 Å². The van der Waals surface area contributed by atoms with E-state index in [2.05, 4.69) is 24.3 Å². The van der Waals surface area contributed by atoms with Crippen molar-refractivity contribution in [3.8, 4) is 0 Å². The number of hydrogen-bond acceptors (Lipinski definition) is 6. The van der Waals surface area contributed by atoms with Gasteiger partial charge in [-0.1, -0.05) is 36.4 Å². The molecular weight excluding hydrogens is 568 g/mol. The molecule has 0 N–H and O–H groups in total. The molecule has 4 aliphatic rings. The molecule has 2 aromatic rings. The molecule has 0 spiro atoms. The third-order valence-corrected chi connectivity index (χ3v) is 10.5. The summed E-state index contributed by atoms with van der Waals surface area (Å²) in [5, 5.41) is 0. The van der Waals surface area contributed by atoms with Crippen LogP contribution in [0.5, 0.6) is 0 Å². The Bertz CT molecular complexity index is 1340. The fraction of sp³-hybridized carbons (Fsp3) is 0.543. The molecule has 0 radical (unpaired) electrons. The van der Waals surface area contributed by atoms with Crippen molar-refractivity contribution in [2.75, 3.05) is 72.2 Å². The van der Waals surface area contributed by atoms with E-state index in [0.717, 1.165) is 63.2 Å². The van der Waals surface area contributed by atoms with Crippen LogP contribution in [0.4, 0.5) is 11.4 Å². The summed E-state index contributed by atoms with van der Waals surface area (Å²) in [5.74, 6) is -0.701. The number of imide groups is 2. The summed E-state index contributed by atoms with van der Waals surface area (Å²) in [4.78, 5) is 60.5. The average Bonchev–Trinajstić information content (AvgIpc) is 3.06. The zero-order chi connectivity index (χ0) is 31.4. The van der Waals surface area contributed by atoms with E-state index in [1.54, 1.807) is 0 Å². The highest BCUT2D eigenvalue weighted by Crippen LogP contribution is 2.31. The van der Waals surface area contributed by atoms with Crippen LogP contribution < -0.4 is 8.97 Å². The second-order valence-electron chi connectivity index (χ2n) is 13.6. The molecule has 10 heteroatoms. The number of hydrogen-bond donors (Lipinski definition) is 0. The third kappa shape index (κ3) is 6.74. The summed E-state index contributed by atoms with van der Waals surface area (Å²) < 4.78 is 1.26. The zero-order valence-corrected chi connectivity index (χ0v) is 26.7. The Balaban J connectivity index is 1.07. The zero-order valence-electron chi connectivity index (χ0n) is 26.7. The second-order valence-corrected chi connectivity index (χ2v) is 13.6. The lowest BCUT2D eigenvalue weighted by Crippen LogP contribution is -2.66. The van der Waals surface area contributed by atoms with Gasteiger partial charge in [-0.05, 0) is 69.7 Å². The molecule has 1 atom stereocenters. The number of carbonyl (C=O) groups is 4. The van der Waals surface area contributed by atoms with Gasteiger partial charge in [-0.25, -0.2) is 9.80 Å². The first-order valence-corrected chi connectivity index (χ1v) is 16.7. The molecule has 4 amide bonds. The Kier molecular flexibility index (Phi) is 9.46. The summed E-state index contributed by atoms with van der Waals surface area (Å²) in [6, 6.07) is 20.4. The molecular formula is C35H48N6O4+2. The minimum absolute atomic E-state index is 0.153. The first-order valence-electron chi connectivity index (χ1n) is 16.7. The van der Waals surface area contributed by atoms with Gasteiger partial charge < -0.3 is 0 Å². The van der Waals surface area contributed by atoms with Crippen LogP contribution in [0.2, 0.25) is 0 Å². The Labute approximate surface area is 266 Å². The number of benzene rings is 2. The summed E-state index contributed by atoms with van der Waals surface area (Å²) in [6.07, 6.45) is 6.65. The quantitative estimate of drug-likeness (QED) is 0.319. The predicted octanol–water partition coefficient (Wildman–Crippen LogP) is 3.01. The second kappa shape index (κ2) is 13.5. The lowest BCUT2D eigenvalue weighted by molar-refractivity contribution is -0.158. The lowest BCUT2D eigenvalue weighted by atomic mass is 10.1. The van der Waals surface area contributed by atoms with Crippen molar-refractivity contribution in [1.82, 2.24) is 28.6 Å². The Morgan fingerprint density at radius 2 is 0.933 bits per heavy atom. The van der Waals surface area contributed by atoms with Crippen LogP contribution in [0, 0.1) is 0 Å². The standard InChI is InChI=1S/C35H48N6O4/c1-29(37-25-34(44)39(35(45)26-37)28-41(20-12-5-13-21-41)31-16-8-3-9-17-31)22-36-23-32(42)38(33(43)24-36)27-40(18-10-4-11-19-40)30-14-6-2-7-15-30/h2-3,6-9,14-17,29H,4-5,10-13,18-28H2,1H3/q+2. The average molecular weight is 617 g/mol. The van der Waals surface area contributed by atoms with E-state index in [0.29, 0.717) is 28.8 Å². The van der Waals surface area contributed by atoms with Gasteiger partial charge in [-0.2, -0.15) is 0 Å². The Morgan fingerprint density at radius 3 is 1.33 bits per heavy atom. The van der Waals surface area contributed by atoms with Gasteiger partial charge >= 0.3 is 0 Å². The molecule has 4 fully saturated rings. The van der Waals surface area contributed by atoms with Crippen molar-refractivity contribution < 1.29 is 19.2 Å². The minimum atomic E-state index is -0.175. The van der Waals surface area contributed by atoms with E-state index in [4.69, 9.17) is 0 Å². The lowest BCUT2D eigenvalue weighted by Gasteiger charge is -2.46. The maximum absolute atomic E-state index is 13.5. The smallest absolute Gasteiger partial charge is 0.247 e. The Morgan fingerprint density at radius 1 is 0.556 bits per heavy atom. The number of amides is 4. The molecule has 6 rings (SSSR count). The van der Waals surface area contributed by atoms with Crippen LogP contribution >= 0.6 is 0 Å². The summed E-state index contributed by atoms with van der Waals surface area (Å²) in [7, 11) is 0. The third-order valence-electron chi connectivity index (χ3n) is 10.5. The van der Waals surface area contributed by atoms with Crippen molar-refractivity contribution in [3.63, 3.8) is 0 Å². The first-order chi connectivity index (χ1) is 21.8. The highest BCUT2D eigenvalue weighted by atomic mass is 16.2. The van der Waals surface area contributed by atoms with E-state index < -0.39 is 0 Å². The fourth-order valence-corrected chi connectivity index (χ4v) is 7.93. The van der Waals surface area contributed by atoms with E-state index in [9.17, 15) is 19.2 Å². The molecule has 4 saturated heterocycles. The van der Waals surface area contributed by atoms with Crippen molar-refractivity contribution in [1.29, 1.82) is 0 Å². The predicted molar refractivity (Wildman–Crippen MR) is 175 cm³/mol. The van der Waals surface area contributed by atoms with Crippen molar-refractivity contribution >= 4 is 35.0 Å². The van der Waals surface area contributed by atoms with Gasteiger partial charge in [-0.3, -0.25) is 37.9 Å². The number of likely N-dealkylation sites (tertiary alicyclic amines) is 2. The molecule has 4 heterocycles. The minimum Gasteiger partial charge on any atom is -0.284 e. The number of rotatable bonds is 9. The maximum Gasteiger partial charge on any atom is 0.247 e. The number of nitrogens with zero attached hydrogens (tertiary/aromatic N) is 6. The topological polar surface area (TPSA) is 81.2 Å². The van der Waals surface area contributed by atoms with Gasteiger partial charge in [0.1, 0.15) is 11.4 Å². The van der Waals surface area contributed by atoms with Gasteiger partial charge in [0.15, 0.2) is 13.3 Å². The van der Waals surface area contributed by atoms with E-state index in [-0.39, 0.29) is 55.8 Å². The normalized spacial score (nSPS) is 23.8. The summed E-state index contributed by atoms with van der Waals surface area (Å²) in [5.41, 5.74) is 2.30. The molecule has 10 nitrogen and oxygen atoms in total. The monoisotopic (exact) mass is 616 g/mol. The molecule has 240 valence electrons. The van der Waals surface area contributed by atoms with Crippen LogP contribution in [0.3, 0.4) is 0 Å². The Hall–Kier alpha value is -3.44. The van der Waals surface area contributed by atoms with Crippen LogP contribution in [0.1, 0.15) is 45.4 Å². The van der Waals surface area contributed by atoms with Crippen LogP contribution in [-0.4, -0.2) is 122 Å². The van der Waals surface area contributed by atoms with Crippen LogP contribution in [0.15, 0.2) is 60.7 Å². The van der Waals surface area contributed by atoms with Gasteiger partial charge in [0.05, 0.1) is 52.4 Å². The SMILES string of the molecule is CC(CN1CC(=O)N(C[N+]2(c3ccccc3)CCCCC2)C(=O)C1)N1CC(=O)N(C[N+]2(c3ccccc3)CCCCC2)C(=O)C1. The number of carbonyl (C=O) groups excluding carboxylic acids is 4. The maximum atomic E-state index is 13.5. The van der Waals surface area contributed by atoms with E-state index in [1.807, 2.05) is 53.1 Å². The molecule has 2 aromatic carbocycles. The first kappa shape index (κ1) is 31.5. The van der Waals surface area contributed by atoms with Crippen LogP contribution in [0.25, 0.3) is 0 Å². The van der Waals surface area contributed by atoms with Gasteiger partial charge in [-0.15, -0.1) is 0 Å². The fourth-order valence-electron chi connectivity index (χ4n) is 7.93. The van der Waals surface area contributed by atoms with E-state index >= 15 is 0 Å². The molecule has 0 saturated carbocycles. The van der Waals surface area contributed by atoms with Crippen molar-refractivity contribution in [2.45, 2.75) is 51.5 Å². The van der Waals surface area contributed by atoms with Gasteiger partial charge in [0.25, 0.3) is 0 Å². The molecule has 0 aromatic heterocycles. The van der Waals surface area contributed by atoms with Crippen LogP contribution in [-0.2, 0) is 19.2 Å². The highest BCUT2D eigenvalue weighted by molar-refractivity contribution is 6.00. The summed E-state index contributed by atoms with van der Waals surface area (Å²) >= 11 is 0. The largest absolute Gasteiger partial charge is 0.284 e. The van der Waals surface area contributed by atoms with Crippen molar-refractivity contribution in [2.24, 2.45) is 0 Å². The molecule has 0 bridgehead atoms. The number of piperidine rings is 2. The molecule has 0 aliphatic carbocycles. The molecule has 45 heavy (non-hydrogen) atoms.